The fraction of sp³-hybridized carbons (Fsp3) is 0.389. The zero-order valence-electron chi connectivity index (χ0n) is 15.8. The van der Waals surface area contributed by atoms with Gasteiger partial charge in [-0.25, -0.2) is 13.4 Å². The Labute approximate surface area is 168 Å². The molecule has 1 aromatic carbocycles. The van der Waals surface area contributed by atoms with E-state index in [0.29, 0.717) is 18.1 Å². The van der Waals surface area contributed by atoms with Crippen LogP contribution in [0.3, 0.4) is 0 Å². The van der Waals surface area contributed by atoms with Crippen molar-refractivity contribution in [1.82, 2.24) is 9.71 Å². The lowest BCUT2D eigenvalue weighted by Crippen LogP contribution is -2.47. The maximum absolute atomic E-state index is 12.9. The monoisotopic (exact) mass is 422 g/mol. The second-order valence-electron chi connectivity index (χ2n) is 6.88. The first kappa shape index (κ1) is 20.4. The van der Waals surface area contributed by atoms with Crippen molar-refractivity contribution in [2.24, 2.45) is 5.92 Å². The van der Waals surface area contributed by atoms with E-state index < -0.39 is 22.0 Å². The zero-order valence-corrected chi connectivity index (χ0v) is 17.4. The number of fused-ring (bicyclic) bond motifs is 1. The van der Waals surface area contributed by atoms with Crippen molar-refractivity contribution in [2.75, 3.05) is 16.8 Å². The number of hydrogen-bond donors (Lipinski definition) is 2. The number of benzene rings is 1. The predicted octanol–water partition coefficient (Wildman–Crippen LogP) is 1.99. The van der Waals surface area contributed by atoms with E-state index in [4.69, 9.17) is 0 Å². The molecule has 0 aliphatic carbocycles. The van der Waals surface area contributed by atoms with Gasteiger partial charge in [-0.15, -0.1) is 11.3 Å². The molecule has 0 saturated heterocycles. The molecule has 1 atom stereocenters. The molecule has 0 radical (unpaired) electrons. The Balaban J connectivity index is 1.81. The molecule has 0 bridgehead atoms. The molecular formula is C18H22N4O4S2. The number of rotatable bonds is 6. The molecule has 10 heteroatoms. The number of anilines is 2. The van der Waals surface area contributed by atoms with Gasteiger partial charge in [0.05, 0.1) is 4.90 Å². The third-order valence-electron chi connectivity index (χ3n) is 4.53. The van der Waals surface area contributed by atoms with Gasteiger partial charge in [0, 0.05) is 30.7 Å². The molecule has 2 amide bonds. The Morgan fingerprint density at radius 3 is 2.64 bits per heavy atom. The molecule has 1 aromatic heterocycles. The highest BCUT2D eigenvalue weighted by Gasteiger charge is 2.30. The van der Waals surface area contributed by atoms with Gasteiger partial charge in [-0.1, -0.05) is 13.8 Å². The van der Waals surface area contributed by atoms with Crippen LogP contribution in [0.5, 0.6) is 0 Å². The number of hydrogen-bond acceptors (Lipinski definition) is 6. The summed E-state index contributed by atoms with van der Waals surface area (Å²) in [5, 5.41) is 4.77. The Kier molecular flexibility index (Phi) is 5.82. The third-order valence-corrected chi connectivity index (χ3v) is 6.66. The van der Waals surface area contributed by atoms with Gasteiger partial charge in [0.15, 0.2) is 5.13 Å². The van der Waals surface area contributed by atoms with Gasteiger partial charge in [0.2, 0.25) is 21.8 Å². The standard InChI is InChI=1S/C18H22N4O4S2/c1-11(2)16(17(24)20-18-19-7-9-27-18)21-28(25,26)14-4-5-15-13(10-14)6-8-22(15)12(3)23/h4-5,7,9-11,16,21H,6,8H2,1-3H3,(H,19,20,24). The second kappa shape index (κ2) is 7.98. The fourth-order valence-electron chi connectivity index (χ4n) is 3.07. The van der Waals surface area contributed by atoms with Crippen LogP contribution in [0.2, 0.25) is 0 Å². The van der Waals surface area contributed by atoms with E-state index in [0.717, 1.165) is 11.3 Å². The first-order valence-electron chi connectivity index (χ1n) is 8.83. The Morgan fingerprint density at radius 2 is 2.04 bits per heavy atom. The molecule has 0 fully saturated rings. The van der Waals surface area contributed by atoms with Crippen LogP contribution >= 0.6 is 11.3 Å². The number of thiazole rings is 1. The van der Waals surface area contributed by atoms with E-state index in [1.807, 2.05) is 0 Å². The largest absolute Gasteiger partial charge is 0.312 e. The normalized spacial score (nSPS) is 14.8. The van der Waals surface area contributed by atoms with Crippen molar-refractivity contribution in [1.29, 1.82) is 0 Å². The van der Waals surface area contributed by atoms with Crippen LogP contribution in [0.1, 0.15) is 26.3 Å². The molecule has 3 rings (SSSR count). The lowest BCUT2D eigenvalue weighted by molar-refractivity contribution is -0.118. The minimum absolute atomic E-state index is 0.0735. The Bertz CT molecular complexity index is 987. The van der Waals surface area contributed by atoms with E-state index in [1.54, 1.807) is 42.5 Å². The summed E-state index contributed by atoms with van der Waals surface area (Å²) in [5.74, 6) is -0.805. The Morgan fingerprint density at radius 1 is 1.29 bits per heavy atom. The van der Waals surface area contributed by atoms with Gasteiger partial charge in [0.1, 0.15) is 6.04 Å². The maximum atomic E-state index is 12.9. The van der Waals surface area contributed by atoms with E-state index in [1.165, 1.54) is 24.3 Å². The van der Waals surface area contributed by atoms with Gasteiger partial charge < -0.3 is 10.2 Å². The van der Waals surface area contributed by atoms with E-state index in [-0.39, 0.29) is 16.7 Å². The molecule has 1 aliphatic heterocycles. The Hall–Kier alpha value is -2.30. The summed E-state index contributed by atoms with van der Waals surface area (Å²) in [5.41, 5.74) is 1.53. The maximum Gasteiger partial charge on any atom is 0.244 e. The average Bonchev–Trinajstić information content (AvgIpc) is 3.28. The van der Waals surface area contributed by atoms with Gasteiger partial charge in [-0.2, -0.15) is 4.72 Å². The van der Waals surface area contributed by atoms with Crippen LogP contribution in [0.25, 0.3) is 0 Å². The predicted molar refractivity (Wildman–Crippen MR) is 108 cm³/mol. The summed E-state index contributed by atoms with van der Waals surface area (Å²) in [6.07, 6.45) is 2.15. The molecular weight excluding hydrogens is 400 g/mol. The minimum Gasteiger partial charge on any atom is -0.312 e. The number of nitrogens with zero attached hydrogens (tertiary/aromatic N) is 2. The third kappa shape index (κ3) is 4.23. The first-order valence-corrected chi connectivity index (χ1v) is 11.2. The molecule has 2 N–H and O–H groups in total. The fourth-order valence-corrected chi connectivity index (χ4v) is 4.99. The van der Waals surface area contributed by atoms with Crippen LogP contribution in [0.15, 0.2) is 34.7 Å². The van der Waals surface area contributed by atoms with Crippen molar-refractivity contribution in [2.45, 2.75) is 38.1 Å². The minimum atomic E-state index is -3.92. The summed E-state index contributed by atoms with van der Waals surface area (Å²) < 4.78 is 28.3. The van der Waals surface area contributed by atoms with Gasteiger partial charge >= 0.3 is 0 Å². The zero-order chi connectivity index (χ0) is 20.5. The van der Waals surface area contributed by atoms with Crippen molar-refractivity contribution < 1.29 is 18.0 Å². The van der Waals surface area contributed by atoms with Gasteiger partial charge in [-0.3, -0.25) is 9.59 Å². The molecule has 0 saturated carbocycles. The molecule has 2 aromatic rings. The van der Waals surface area contributed by atoms with Gasteiger partial charge in [-0.05, 0) is 36.1 Å². The van der Waals surface area contributed by atoms with Gasteiger partial charge in [0.25, 0.3) is 0 Å². The molecule has 2 heterocycles. The van der Waals surface area contributed by atoms with Crippen LogP contribution in [0.4, 0.5) is 10.8 Å². The van der Waals surface area contributed by atoms with E-state index in [2.05, 4.69) is 15.0 Å². The summed E-state index contributed by atoms with van der Waals surface area (Å²) in [4.78, 5) is 29.9. The lowest BCUT2D eigenvalue weighted by Gasteiger charge is -2.21. The molecule has 1 aliphatic rings. The van der Waals surface area contributed by atoms with Crippen molar-refractivity contribution in [3.8, 4) is 0 Å². The first-order chi connectivity index (χ1) is 13.2. The number of nitrogens with one attached hydrogen (secondary N) is 2. The highest BCUT2D eigenvalue weighted by Crippen LogP contribution is 2.30. The van der Waals surface area contributed by atoms with E-state index >= 15 is 0 Å². The molecule has 1 unspecified atom stereocenters. The highest BCUT2D eigenvalue weighted by molar-refractivity contribution is 7.89. The highest BCUT2D eigenvalue weighted by atomic mass is 32.2. The number of carbonyl (C=O) groups excluding carboxylic acids is 2. The molecule has 28 heavy (non-hydrogen) atoms. The van der Waals surface area contributed by atoms with Crippen LogP contribution in [-0.4, -0.2) is 37.8 Å². The quantitative estimate of drug-likeness (QED) is 0.740. The summed E-state index contributed by atoms with van der Waals surface area (Å²) in [6, 6.07) is 3.71. The lowest BCUT2D eigenvalue weighted by atomic mass is 10.1. The number of aromatic nitrogens is 1. The van der Waals surface area contributed by atoms with Crippen LogP contribution in [0, 0.1) is 5.92 Å². The smallest absolute Gasteiger partial charge is 0.244 e. The SMILES string of the molecule is CC(=O)N1CCc2cc(S(=O)(=O)NC(C(=O)Nc3nccs3)C(C)C)ccc21. The summed E-state index contributed by atoms with van der Waals surface area (Å²) in [7, 11) is -3.92. The molecule has 8 nitrogen and oxygen atoms in total. The number of carbonyl (C=O) groups is 2. The van der Waals surface area contributed by atoms with Crippen molar-refractivity contribution >= 4 is 44.0 Å². The van der Waals surface area contributed by atoms with Crippen LogP contribution < -0.4 is 14.9 Å². The van der Waals surface area contributed by atoms with Crippen molar-refractivity contribution in [3.05, 3.63) is 35.3 Å². The van der Waals surface area contributed by atoms with E-state index in [9.17, 15) is 18.0 Å². The second-order valence-corrected chi connectivity index (χ2v) is 9.49. The average molecular weight is 423 g/mol. The topological polar surface area (TPSA) is 108 Å². The number of sulfonamides is 1. The molecule has 0 spiro atoms. The number of amides is 2. The van der Waals surface area contributed by atoms with Crippen molar-refractivity contribution in [3.63, 3.8) is 0 Å². The van der Waals surface area contributed by atoms with Crippen LogP contribution in [-0.2, 0) is 26.0 Å². The summed E-state index contributed by atoms with van der Waals surface area (Å²) >= 11 is 1.26. The summed E-state index contributed by atoms with van der Waals surface area (Å²) in [6.45, 7) is 5.55. The molecule has 150 valence electrons.